The van der Waals surface area contributed by atoms with Crippen LogP contribution in [0.3, 0.4) is 0 Å². The molecule has 3 aromatic rings. The first-order valence-corrected chi connectivity index (χ1v) is 8.71. The van der Waals surface area contributed by atoms with Gasteiger partial charge in [-0.3, -0.25) is 19.6 Å². The highest BCUT2D eigenvalue weighted by atomic mass is 35.5. The Balaban J connectivity index is 1.54. The van der Waals surface area contributed by atoms with E-state index in [0.29, 0.717) is 23.1 Å². The maximum absolute atomic E-state index is 12.6. The SMILES string of the molecule is Cc1ccc(Cl)cc1NC(=O)[C@@H]1CC(=O)N(c2n[nH]c3ccccc23)C1. The number of carbonyl (C=O) groups is 2. The van der Waals surface area contributed by atoms with Crippen LogP contribution in [-0.4, -0.2) is 28.6 Å². The Hall–Kier alpha value is -2.86. The Morgan fingerprint density at radius 3 is 2.96 bits per heavy atom. The van der Waals surface area contributed by atoms with Gasteiger partial charge in [0.1, 0.15) is 0 Å². The molecule has 2 N–H and O–H groups in total. The summed E-state index contributed by atoms with van der Waals surface area (Å²) in [6.07, 6.45) is 0.159. The van der Waals surface area contributed by atoms with E-state index >= 15 is 0 Å². The van der Waals surface area contributed by atoms with Crippen molar-refractivity contribution in [1.82, 2.24) is 10.2 Å². The van der Waals surface area contributed by atoms with E-state index in [1.54, 1.807) is 17.0 Å². The van der Waals surface area contributed by atoms with Gasteiger partial charge in [0, 0.05) is 29.1 Å². The molecule has 1 fully saturated rings. The minimum atomic E-state index is -0.434. The minimum Gasteiger partial charge on any atom is -0.325 e. The van der Waals surface area contributed by atoms with Gasteiger partial charge in [0.25, 0.3) is 0 Å². The highest BCUT2D eigenvalue weighted by Crippen LogP contribution is 2.30. The highest BCUT2D eigenvalue weighted by molar-refractivity contribution is 6.31. The van der Waals surface area contributed by atoms with Crippen molar-refractivity contribution in [3.05, 3.63) is 53.1 Å². The predicted octanol–water partition coefficient (Wildman–Crippen LogP) is 3.52. The lowest BCUT2D eigenvalue weighted by Gasteiger charge is -2.15. The molecule has 132 valence electrons. The van der Waals surface area contributed by atoms with Crippen molar-refractivity contribution >= 4 is 45.8 Å². The van der Waals surface area contributed by atoms with Gasteiger partial charge in [0.2, 0.25) is 11.8 Å². The molecular formula is C19H17ClN4O2. The van der Waals surface area contributed by atoms with Crippen molar-refractivity contribution in [2.24, 2.45) is 5.92 Å². The molecule has 0 bridgehead atoms. The van der Waals surface area contributed by atoms with Crippen LogP contribution < -0.4 is 10.2 Å². The number of rotatable bonds is 3. The van der Waals surface area contributed by atoms with E-state index in [1.807, 2.05) is 37.3 Å². The minimum absolute atomic E-state index is 0.106. The lowest BCUT2D eigenvalue weighted by molar-refractivity contribution is -0.122. The zero-order chi connectivity index (χ0) is 18.3. The summed E-state index contributed by atoms with van der Waals surface area (Å²) < 4.78 is 0. The van der Waals surface area contributed by atoms with E-state index in [9.17, 15) is 9.59 Å². The second-order valence-corrected chi connectivity index (χ2v) is 6.88. The second-order valence-electron chi connectivity index (χ2n) is 6.45. The number of H-pyrrole nitrogens is 1. The molecule has 1 aliphatic heterocycles. The van der Waals surface area contributed by atoms with Crippen molar-refractivity contribution in [2.45, 2.75) is 13.3 Å². The number of benzene rings is 2. The second kappa shape index (κ2) is 6.46. The summed E-state index contributed by atoms with van der Waals surface area (Å²) >= 11 is 6.00. The van der Waals surface area contributed by atoms with Crippen LogP contribution >= 0.6 is 11.6 Å². The maximum Gasteiger partial charge on any atom is 0.229 e. The van der Waals surface area contributed by atoms with Gasteiger partial charge in [0.15, 0.2) is 5.82 Å². The van der Waals surface area contributed by atoms with Gasteiger partial charge < -0.3 is 5.32 Å². The number of anilines is 2. The molecule has 7 heteroatoms. The quantitative estimate of drug-likeness (QED) is 0.742. The molecule has 2 amide bonds. The molecule has 1 aromatic heterocycles. The van der Waals surface area contributed by atoms with Crippen LogP contribution in [0, 0.1) is 12.8 Å². The molecule has 0 unspecified atom stereocenters. The number of fused-ring (bicyclic) bond motifs is 1. The number of aromatic nitrogens is 2. The van der Waals surface area contributed by atoms with Crippen LogP contribution in [0.25, 0.3) is 10.9 Å². The summed E-state index contributed by atoms with van der Waals surface area (Å²) in [5, 5.41) is 11.5. The van der Waals surface area contributed by atoms with Crippen molar-refractivity contribution in [3.63, 3.8) is 0 Å². The van der Waals surface area contributed by atoms with Crippen LogP contribution in [0.5, 0.6) is 0 Å². The molecule has 2 heterocycles. The van der Waals surface area contributed by atoms with Crippen LogP contribution in [0.15, 0.2) is 42.5 Å². The number of carbonyl (C=O) groups excluding carboxylic acids is 2. The number of nitrogens with zero attached hydrogens (tertiary/aromatic N) is 2. The van der Waals surface area contributed by atoms with Crippen molar-refractivity contribution in [1.29, 1.82) is 0 Å². The monoisotopic (exact) mass is 368 g/mol. The fraction of sp³-hybridized carbons (Fsp3) is 0.211. The zero-order valence-corrected chi connectivity index (χ0v) is 14.9. The highest BCUT2D eigenvalue weighted by Gasteiger charge is 2.37. The van der Waals surface area contributed by atoms with Gasteiger partial charge in [-0.2, -0.15) is 5.10 Å². The zero-order valence-electron chi connectivity index (χ0n) is 14.1. The summed E-state index contributed by atoms with van der Waals surface area (Å²) in [5.41, 5.74) is 2.44. The first kappa shape index (κ1) is 16.6. The number of aryl methyl sites for hydroxylation is 1. The van der Waals surface area contributed by atoms with E-state index in [4.69, 9.17) is 11.6 Å². The summed E-state index contributed by atoms with van der Waals surface area (Å²) in [5.74, 6) is -0.160. The van der Waals surface area contributed by atoms with Gasteiger partial charge in [-0.15, -0.1) is 0 Å². The summed E-state index contributed by atoms with van der Waals surface area (Å²) in [6, 6.07) is 12.9. The van der Waals surface area contributed by atoms with Gasteiger partial charge in [-0.1, -0.05) is 29.8 Å². The van der Waals surface area contributed by atoms with Crippen molar-refractivity contribution < 1.29 is 9.59 Å². The first-order chi connectivity index (χ1) is 12.5. The van der Waals surface area contributed by atoms with Crippen LogP contribution in [0.4, 0.5) is 11.5 Å². The van der Waals surface area contributed by atoms with Crippen molar-refractivity contribution in [2.75, 3.05) is 16.8 Å². The Bertz CT molecular complexity index is 1010. The molecule has 0 radical (unpaired) electrons. The number of para-hydroxylation sites is 1. The molecule has 1 atom stereocenters. The number of amides is 2. The number of aromatic amines is 1. The molecule has 6 nitrogen and oxygen atoms in total. The number of hydrogen-bond donors (Lipinski definition) is 2. The Labute approximate surface area is 155 Å². The molecular weight excluding hydrogens is 352 g/mol. The van der Waals surface area contributed by atoms with Gasteiger partial charge in [-0.05, 0) is 36.8 Å². The van der Waals surface area contributed by atoms with Crippen LogP contribution in [0.2, 0.25) is 5.02 Å². The molecule has 4 rings (SSSR count). The molecule has 0 saturated carbocycles. The third-order valence-corrected chi connectivity index (χ3v) is 4.89. The topological polar surface area (TPSA) is 78.1 Å². The van der Waals surface area contributed by atoms with E-state index in [0.717, 1.165) is 16.5 Å². The predicted molar refractivity (Wildman–Crippen MR) is 101 cm³/mol. The van der Waals surface area contributed by atoms with E-state index in [-0.39, 0.29) is 18.2 Å². The fourth-order valence-electron chi connectivity index (χ4n) is 3.21. The molecule has 1 saturated heterocycles. The van der Waals surface area contributed by atoms with Gasteiger partial charge >= 0.3 is 0 Å². The Kier molecular flexibility index (Phi) is 4.12. The largest absolute Gasteiger partial charge is 0.325 e. The summed E-state index contributed by atoms with van der Waals surface area (Å²) in [4.78, 5) is 26.7. The Morgan fingerprint density at radius 1 is 1.31 bits per heavy atom. The fourth-order valence-corrected chi connectivity index (χ4v) is 3.38. The van der Waals surface area contributed by atoms with E-state index in [1.165, 1.54) is 0 Å². The van der Waals surface area contributed by atoms with Crippen LogP contribution in [-0.2, 0) is 9.59 Å². The smallest absolute Gasteiger partial charge is 0.229 e. The first-order valence-electron chi connectivity index (χ1n) is 8.33. The third-order valence-electron chi connectivity index (χ3n) is 4.66. The summed E-state index contributed by atoms with van der Waals surface area (Å²) in [6.45, 7) is 2.20. The van der Waals surface area contributed by atoms with Crippen molar-refractivity contribution in [3.8, 4) is 0 Å². The van der Waals surface area contributed by atoms with E-state index < -0.39 is 5.92 Å². The Morgan fingerprint density at radius 2 is 2.12 bits per heavy atom. The lowest BCUT2D eigenvalue weighted by atomic mass is 10.1. The van der Waals surface area contributed by atoms with Gasteiger partial charge in [-0.25, -0.2) is 0 Å². The average Bonchev–Trinajstić information content (AvgIpc) is 3.21. The number of hydrogen-bond acceptors (Lipinski definition) is 3. The van der Waals surface area contributed by atoms with Gasteiger partial charge in [0.05, 0.1) is 11.4 Å². The molecule has 2 aromatic carbocycles. The molecule has 0 spiro atoms. The number of nitrogens with one attached hydrogen (secondary N) is 2. The molecule has 26 heavy (non-hydrogen) atoms. The normalized spacial score (nSPS) is 17.1. The van der Waals surface area contributed by atoms with E-state index in [2.05, 4.69) is 15.5 Å². The van der Waals surface area contributed by atoms with Crippen LogP contribution in [0.1, 0.15) is 12.0 Å². The maximum atomic E-state index is 12.6. The standard InChI is InChI=1S/C19H17ClN4O2/c1-11-6-7-13(20)9-16(11)21-19(26)12-8-17(25)24(10-12)18-14-4-2-3-5-15(14)22-23-18/h2-7,9,12H,8,10H2,1H3,(H,21,26)(H,22,23)/t12-/m1/s1. The number of halogens is 1. The molecule has 1 aliphatic rings. The molecule has 0 aliphatic carbocycles. The lowest BCUT2D eigenvalue weighted by Crippen LogP contribution is -2.28. The summed E-state index contributed by atoms with van der Waals surface area (Å²) in [7, 11) is 0. The third kappa shape index (κ3) is 2.93. The average molecular weight is 369 g/mol.